The highest BCUT2D eigenvalue weighted by atomic mass is 16.2. The lowest BCUT2D eigenvalue weighted by atomic mass is 9.87. The van der Waals surface area contributed by atoms with Crippen molar-refractivity contribution >= 4 is 16.8 Å². The molecule has 126 valence electrons. The maximum Gasteiger partial charge on any atom is 0.239 e. The maximum absolute atomic E-state index is 13.5. The van der Waals surface area contributed by atoms with Crippen LogP contribution >= 0.6 is 0 Å². The van der Waals surface area contributed by atoms with Gasteiger partial charge in [0.1, 0.15) is 0 Å². The van der Waals surface area contributed by atoms with Crippen LogP contribution in [-0.2, 0) is 19.4 Å². The second-order valence-corrected chi connectivity index (χ2v) is 7.57. The number of carbonyl (C=O) groups is 1. The molecule has 1 unspecified atom stereocenters. The number of hydrogen-bond donors (Lipinski definition) is 0. The van der Waals surface area contributed by atoms with Gasteiger partial charge in [-0.3, -0.25) is 9.36 Å². The zero-order chi connectivity index (χ0) is 17.1. The average Bonchev–Trinajstić information content (AvgIpc) is 2.93. The molecule has 0 radical (unpaired) electrons. The molecule has 3 aromatic rings. The van der Waals surface area contributed by atoms with Gasteiger partial charge < -0.3 is 4.90 Å². The fourth-order valence-corrected chi connectivity index (χ4v) is 4.67. The molecule has 0 saturated heterocycles. The normalized spacial score (nSPS) is 20.1. The lowest BCUT2D eigenvalue weighted by Crippen LogP contribution is -2.31. The highest BCUT2D eigenvalue weighted by Gasteiger charge is 2.35. The van der Waals surface area contributed by atoms with Crippen molar-refractivity contribution in [2.75, 3.05) is 13.6 Å². The van der Waals surface area contributed by atoms with Gasteiger partial charge in [0.15, 0.2) is 0 Å². The van der Waals surface area contributed by atoms with E-state index in [1.165, 1.54) is 33.3 Å². The van der Waals surface area contributed by atoms with Crippen LogP contribution in [0.4, 0.5) is 0 Å². The summed E-state index contributed by atoms with van der Waals surface area (Å²) in [4.78, 5) is 15.8. The number of nitrogens with zero attached hydrogens (tertiary/aromatic N) is 2. The Labute approximate surface area is 147 Å². The molecule has 3 heterocycles. The SMILES string of the molecule is Cc1cc2c3c(c1)c1c(n3C(=O)C(c3ccccc3)C2)CCN(C)C1. The molecule has 0 bridgehead atoms. The minimum atomic E-state index is -0.0742. The lowest BCUT2D eigenvalue weighted by molar-refractivity contribution is 0.0871. The van der Waals surface area contributed by atoms with E-state index in [0.717, 1.165) is 31.5 Å². The Kier molecular flexibility index (Phi) is 3.16. The van der Waals surface area contributed by atoms with Crippen molar-refractivity contribution in [2.45, 2.75) is 32.2 Å². The summed E-state index contributed by atoms with van der Waals surface area (Å²) in [6.45, 7) is 4.12. The van der Waals surface area contributed by atoms with Crippen LogP contribution in [0, 0.1) is 6.92 Å². The number of fused-ring (bicyclic) bond motifs is 3. The average molecular weight is 330 g/mol. The summed E-state index contributed by atoms with van der Waals surface area (Å²) < 4.78 is 2.06. The molecular formula is C22H22N2O. The lowest BCUT2D eigenvalue weighted by Gasteiger charge is -2.27. The molecule has 0 N–H and O–H groups in total. The van der Waals surface area contributed by atoms with Gasteiger partial charge in [0, 0.05) is 30.6 Å². The Bertz CT molecular complexity index is 1000. The molecule has 3 heteroatoms. The predicted octanol–water partition coefficient (Wildman–Crippen LogP) is 3.92. The van der Waals surface area contributed by atoms with Crippen LogP contribution in [0.3, 0.4) is 0 Å². The third-order valence-electron chi connectivity index (χ3n) is 5.80. The molecule has 0 saturated carbocycles. The van der Waals surface area contributed by atoms with Crippen molar-refractivity contribution in [3.63, 3.8) is 0 Å². The number of rotatable bonds is 1. The number of likely N-dealkylation sites (N-methyl/N-ethyl adjacent to an activating group) is 1. The first kappa shape index (κ1) is 14.9. The van der Waals surface area contributed by atoms with E-state index in [1.807, 2.05) is 18.2 Å². The molecule has 0 fully saturated rings. The topological polar surface area (TPSA) is 25.2 Å². The first-order chi connectivity index (χ1) is 12.1. The summed E-state index contributed by atoms with van der Waals surface area (Å²) in [6, 6.07) is 14.8. The van der Waals surface area contributed by atoms with Crippen LogP contribution in [0.25, 0.3) is 10.9 Å². The largest absolute Gasteiger partial charge is 0.302 e. The molecule has 0 amide bonds. The van der Waals surface area contributed by atoms with Crippen molar-refractivity contribution < 1.29 is 4.79 Å². The van der Waals surface area contributed by atoms with Gasteiger partial charge in [-0.25, -0.2) is 0 Å². The highest BCUT2D eigenvalue weighted by Crippen LogP contribution is 2.40. The molecule has 5 rings (SSSR count). The van der Waals surface area contributed by atoms with Gasteiger partial charge in [-0.2, -0.15) is 0 Å². The molecule has 1 atom stereocenters. The van der Waals surface area contributed by atoms with Crippen molar-refractivity contribution in [1.29, 1.82) is 0 Å². The van der Waals surface area contributed by atoms with Crippen LogP contribution < -0.4 is 0 Å². The van der Waals surface area contributed by atoms with Crippen LogP contribution in [0.2, 0.25) is 0 Å². The smallest absolute Gasteiger partial charge is 0.239 e. The van der Waals surface area contributed by atoms with E-state index < -0.39 is 0 Å². The number of benzene rings is 2. The Morgan fingerprint density at radius 2 is 1.92 bits per heavy atom. The Morgan fingerprint density at radius 1 is 1.12 bits per heavy atom. The first-order valence-corrected chi connectivity index (χ1v) is 9.07. The van der Waals surface area contributed by atoms with Gasteiger partial charge in [-0.15, -0.1) is 0 Å². The summed E-state index contributed by atoms with van der Waals surface area (Å²) in [5, 5.41) is 1.29. The zero-order valence-corrected chi connectivity index (χ0v) is 14.7. The molecular weight excluding hydrogens is 308 g/mol. The molecule has 0 aliphatic carbocycles. The summed E-state index contributed by atoms with van der Waals surface area (Å²) >= 11 is 0. The molecule has 2 aromatic carbocycles. The van der Waals surface area contributed by atoms with E-state index >= 15 is 0 Å². The van der Waals surface area contributed by atoms with Crippen LogP contribution in [0.5, 0.6) is 0 Å². The number of carbonyl (C=O) groups excluding carboxylic acids is 1. The third kappa shape index (κ3) is 2.12. The second-order valence-electron chi connectivity index (χ2n) is 7.57. The monoisotopic (exact) mass is 330 g/mol. The standard InChI is InChI=1S/C22H22N2O/c1-14-10-16-12-17(15-6-4-3-5-7-15)22(25)24-20-8-9-23(2)13-19(20)18(11-14)21(16)24/h3-7,10-11,17H,8-9,12-13H2,1-2H3. The minimum Gasteiger partial charge on any atom is -0.302 e. The van der Waals surface area contributed by atoms with E-state index in [-0.39, 0.29) is 11.8 Å². The summed E-state index contributed by atoms with van der Waals surface area (Å²) in [5.74, 6) is 0.174. The van der Waals surface area contributed by atoms with Crippen molar-refractivity contribution in [3.05, 3.63) is 70.4 Å². The fourth-order valence-electron chi connectivity index (χ4n) is 4.67. The minimum absolute atomic E-state index is 0.0742. The van der Waals surface area contributed by atoms with Crippen LogP contribution in [0.1, 0.15) is 38.7 Å². The maximum atomic E-state index is 13.5. The molecule has 1 aromatic heterocycles. The van der Waals surface area contributed by atoms with E-state index in [1.54, 1.807) is 0 Å². The van der Waals surface area contributed by atoms with Gasteiger partial charge in [0.05, 0.1) is 11.4 Å². The van der Waals surface area contributed by atoms with Gasteiger partial charge >= 0.3 is 0 Å². The number of hydrogen-bond acceptors (Lipinski definition) is 2. The van der Waals surface area contributed by atoms with Crippen molar-refractivity contribution in [3.8, 4) is 0 Å². The van der Waals surface area contributed by atoms with Gasteiger partial charge in [0.25, 0.3) is 0 Å². The number of aryl methyl sites for hydroxylation is 1. The van der Waals surface area contributed by atoms with Crippen molar-refractivity contribution in [1.82, 2.24) is 9.47 Å². The Balaban J connectivity index is 1.78. The Hall–Kier alpha value is -2.39. The highest BCUT2D eigenvalue weighted by molar-refractivity contribution is 6.03. The molecule has 2 aliphatic heterocycles. The summed E-state index contributed by atoms with van der Waals surface area (Å²) in [5.41, 5.74) is 7.50. The van der Waals surface area contributed by atoms with E-state index in [9.17, 15) is 4.79 Å². The van der Waals surface area contributed by atoms with E-state index in [2.05, 4.69) is 47.7 Å². The van der Waals surface area contributed by atoms with E-state index in [0.29, 0.717) is 0 Å². The third-order valence-corrected chi connectivity index (χ3v) is 5.80. The number of aromatic nitrogens is 1. The van der Waals surface area contributed by atoms with Gasteiger partial charge in [-0.1, -0.05) is 42.0 Å². The predicted molar refractivity (Wildman–Crippen MR) is 100 cm³/mol. The summed E-state index contributed by atoms with van der Waals surface area (Å²) in [6.07, 6.45) is 1.76. The van der Waals surface area contributed by atoms with Crippen LogP contribution in [-0.4, -0.2) is 29.0 Å². The Morgan fingerprint density at radius 3 is 2.72 bits per heavy atom. The molecule has 2 aliphatic rings. The van der Waals surface area contributed by atoms with E-state index in [4.69, 9.17) is 0 Å². The quantitative estimate of drug-likeness (QED) is 0.676. The molecule has 0 spiro atoms. The molecule has 3 nitrogen and oxygen atoms in total. The first-order valence-electron chi connectivity index (χ1n) is 9.07. The summed E-state index contributed by atoms with van der Waals surface area (Å²) in [7, 11) is 2.16. The van der Waals surface area contributed by atoms with Crippen molar-refractivity contribution in [2.24, 2.45) is 0 Å². The zero-order valence-electron chi connectivity index (χ0n) is 14.7. The fraction of sp³-hybridized carbons (Fsp3) is 0.318. The second kappa shape index (κ2) is 5.30. The van der Waals surface area contributed by atoms with Gasteiger partial charge in [-0.05, 0) is 43.1 Å². The molecule has 25 heavy (non-hydrogen) atoms. The van der Waals surface area contributed by atoms with Crippen LogP contribution in [0.15, 0.2) is 42.5 Å². The van der Waals surface area contributed by atoms with Gasteiger partial charge in [0.2, 0.25) is 5.91 Å².